The molecule has 6 rings (SSSR count). The van der Waals surface area contributed by atoms with Crippen LogP contribution in [0.15, 0.2) is 72.8 Å². The fourth-order valence-corrected chi connectivity index (χ4v) is 5.00. The third kappa shape index (κ3) is 3.21. The van der Waals surface area contributed by atoms with Gasteiger partial charge in [-0.25, -0.2) is 9.18 Å². The average Bonchev–Trinajstić information content (AvgIpc) is 3.36. The number of halogens is 1. The number of fused-ring (bicyclic) bond motifs is 3. The zero-order chi connectivity index (χ0) is 24.2. The standard InChI is InChI=1S/C27H20FN3O4/c28-17-11-9-16(10-12-17)24-23(18-5-1-3-7-20(18)29-24)21(32)15-31-25(33)27(30-26(31)34)13-14-35-22-8-4-2-6-19(22)27/h1-12,29H,13-15H2,(H,30,34)/t27-/m1/s1. The van der Waals surface area contributed by atoms with Crippen molar-refractivity contribution < 1.29 is 23.5 Å². The molecule has 1 saturated heterocycles. The summed E-state index contributed by atoms with van der Waals surface area (Å²) in [6.45, 7) is -0.159. The maximum absolute atomic E-state index is 13.7. The number of ether oxygens (including phenoxy) is 1. The summed E-state index contributed by atoms with van der Waals surface area (Å²) in [6.07, 6.45) is 0.271. The second kappa shape index (κ2) is 7.80. The van der Waals surface area contributed by atoms with Crippen LogP contribution < -0.4 is 10.1 Å². The average molecular weight is 469 g/mol. The van der Waals surface area contributed by atoms with Crippen LogP contribution in [0.4, 0.5) is 9.18 Å². The van der Waals surface area contributed by atoms with Crippen molar-refractivity contribution in [3.63, 3.8) is 0 Å². The van der Waals surface area contributed by atoms with E-state index in [0.717, 1.165) is 10.4 Å². The van der Waals surface area contributed by atoms with Gasteiger partial charge in [0.2, 0.25) is 0 Å². The van der Waals surface area contributed by atoms with Gasteiger partial charge in [-0.05, 0) is 42.0 Å². The molecular weight excluding hydrogens is 449 g/mol. The van der Waals surface area contributed by atoms with E-state index in [9.17, 15) is 18.8 Å². The first-order valence-corrected chi connectivity index (χ1v) is 11.2. The van der Waals surface area contributed by atoms with Crippen LogP contribution in [0.3, 0.4) is 0 Å². The lowest BCUT2D eigenvalue weighted by molar-refractivity contribution is -0.132. The van der Waals surface area contributed by atoms with Crippen molar-refractivity contribution in [1.29, 1.82) is 0 Å². The van der Waals surface area contributed by atoms with Crippen molar-refractivity contribution in [3.05, 3.63) is 89.7 Å². The number of ketones is 1. The van der Waals surface area contributed by atoms with E-state index in [-0.39, 0.29) is 18.8 Å². The van der Waals surface area contributed by atoms with E-state index in [4.69, 9.17) is 4.74 Å². The highest BCUT2D eigenvalue weighted by Gasteiger charge is 2.55. The molecule has 0 aliphatic carbocycles. The fraction of sp³-hybridized carbons (Fsp3) is 0.148. The number of nitrogens with zero attached hydrogens (tertiary/aromatic N) is 1. The number of benzene rings is 3. The number of hydrogen-bond acceptors (Lipinski definition) is 4. The molecule has 1 spiro atoms. The minimum atomic E-state index is -1.26. The molecule has 1 aromatic heterocycles. The number of imide groups is 1. The summed E-state index contributed by atoms with van der Waals surface area (Å²) in [5.74, 6) is -0.729. The Kier molecular flexibility index (Phi) is 4.70. The van der Waals surface area contributed by atoms with Crippen LogP contribution in [0.5, 0.6) is 5.75 Å². The van der Waals surface area contributed by atoms with E-state index in [2.05, 4.69) is 10.3 Å². The molecule has 0 bridgehead atoms. The number of amides is 3. The number of Topliss-reactive ketones (excluding diaryl/α,β-unsaturated/α-hetero) is 1. The molecular formula is C27H20FN3O4. The van der Waals surface area contributed by atoms with E-state index in [1.807, 2.05) is 18.2 Å². The number of rotatable bonds is 4. The molecule has 0 unspecified atom stereocenters. The topological polar surface area (TPSA) is 91.5 Å². The number of carbonyl (C=O) groups excluding carboxylic acids is 3. The molecule has 0 saturated carbocycles. The van der Waals surface area contributed by atoms with Crippen LogP contribution in [0, 0.1) is 5.82 Å². The van der Waals surface area contributed by atoms with Crippen LogP contribution >= 0.6 is 0 Å². The molecule has 2 aliphatic rings. The van der Waals surface area contributed by atoms with Crippen molar-refractivity contribution in [3.8, 4) is 17.0 Å². The van der Waals surface area contributed by atoms with Crippen molar-refractivity contribution in [2.75, 3.05) is 13.2 Å². The maximum atomic E-state index is 13.7. The minimum absolute atomic E-state index is 0.266. The van der Waals surface area contributed by atoms with Gasteiger partial charge in [0, 0.05) is 22.9 Å². The summed E-state index contributed by atoms with van der Waals surface area (Å²) in [7, 11) is 0. The number of aromatic amines is 1. The summed E-state index contributed by atoms with van der Waals surface area (Å²) < 4.78 is 19.2. The van der Waals surface area contributed by atoms with Gasteiger partial charge < -0.3 is 15.0 Å². The van der Waals surface area contributed by atoms with Crippen molar-refractivity contribution in [2.24, 2.45) is 0 Å². The molecule has 174 valence electrons. The second-order valence-electron chi connectivity index (χ2n) is 8.67. The van der Waals surface area contributed by atoms with E-state index < -0.39 is 29.8 Å². The lowest BCUT2D eigenvalue weighted by Gasteiger charge is -2.33. The predicted octanol–water partition coefficient (Wildman–Crippen LogP) is 4.39. The van der Waals surface area contributed by atoms with Crippen LogP contribution in [0.2, 0.25) is 0 Å². The monoisotopic (exact) mass is 469 g/mol. The van der Waals surface area contributed by atoms with E-state index in [1.165, 1.54) is 12.1 Å². The molecule has 1 fully saturated rings. The number of carbonyl (C=O) groups is 3. The first-order chi connectivity index (χ1) is 17.0. The zero-order valence-electron chi connectivity index (χ0n) is 18.5. The Bertz CT molecular complexity index is 1510. The Balaban J connectivity index is 1.38. The van der Waals surface area contributed by atoms with Gasteiger partial charge in [0.1, 0.15) is 11.6 Å². The smallest absolute Gasteiger partial charge is 0.325 e. The number of nitrogens with one attached hydrogen (secondary N) is 2. The SMILES string of the molecule is O=C(CN1C(=O)N[C@@]2(CCOc3ccccc32)C1=O)c1c(-c2ccc(F)cc2)[nH]c2ccccc12. The molecule has 8 heteroatoms. The highest BCUT2D eigenvalue weighted by atomic mass is 19.1. The van der Waals surface area contributed by atoms with Gasteiger partial charge in [-0.3, -0.25) is 14.5 Å². The van der Waals surface area contributed by atoms with Gasteiger partial charge in [-0.1, -0.05) is 36.4 Å². The predicted molar refractivity (Wildman–Crippen MR) is 126 cm³/mol. The molecule has 2 N–H and O–H groups in total. The van der Waals surface area contributed by atoms with Crippen LogP contribution in [0.1, 0.15) is 22.3 Å². The van der Waals surface area contributed by atoms with Gasteiger partial charge in [-0.15, -0.1) is 0 Å². The highest BCUT2D eigenvalue weighted by Crippen LogP contribution is 2.41. The quantitative estimate of drug-likeness (QED) is 0.343. The summed E-state index contributed by atoms with van der Waals surface area (Å²) in [5, 5.41) is 3.48. The van der Waals surface area contributed by atoms with Crippen LogP contribution in [0.25, 0.3) is 22.2 Å². The minimum Gasteiger partial charge on any atom is -0.493 e. The molecule has 1 atom stereocenters. The Hall–Kier alpha value is -4.46. The number of aromatic nitrogens is 1. The van der Waals surface area contributed by atoms with Gasteiger partial charge in [0.25, 0.3) is 5.91 Å². The summed E-state index contributed by atoms with van der Waals surface area (Å²) >= 11 is 0. The lowest BCUT2D eigenvalue weighted by atomic mass is 9.84. The molecule has 2 aliphatic heterocycles. The van der Waals surface area contributed by atoms with Gasteiger partial charge in [0.05, 0.1) is 24.4 Å². The number of hydrogen-bond donors (Lipinski definition) is 2. The van der Waals surface area contributed by atoms with Gasteiger partial charge in [0.15, 0.2) is 11.3 Å². The van der Waals surface area contributed by atoms with Crippen molar-refractivity contribution in [1.82, 2.24) is 15.2 Å². The van der Waals surface area contributed by atoms with Gasteiger partial charge in [-0.2, -0.15) is 0 Å². The zero-order valence-corrected chi connectivity index (χ0v) is 18.5. The van der Waals surface area contributed by atoms with Crippen molar-refractivity contribution in [2.45, 2.75) is 12.0 Å². The Morgan fingerprint density at radius 1 is 1.00 bits per heavy atom. The number of urea groups is 1. The third-order valence-electron chi connectivity index (χ3n) is 6.68. The van der Waals surface area contributed by atoms with Gasteiger partial charge >= 0.3 is 6.03 Å². The number of para-hydroxylation sites is 2. The number of H-pyrrole nitrogens is 1. The fourth-order valence-electron chi connectivity index (χ4n) is 5.00. The molecule has 0 radical (unpaired) electrons. The molecule has 3 aromatic carbocycles. The van der Waals surface area contributed by atoms with E-state index >= 15 is 0 Å². The third-order valence-corrected chi connectivity index (χ3v) is 6.68. The molecule has 3 heterocycles. The molecule has 7 nitrogen and oxygen atoms in total. The summed E-state index contributed by atoms with van der Waals surface area (Å²) in [4.78, 5) is 44.4. The normalized spacial score (nSPS) is 19.1. The molecule has 35 heavy (non-hydrogen) atoms. The first kappa shape index (κ1) is 21.1. The van der Waals surface area contributed by atoms with Crippen molar-refractivity contribution >= 4 is 28.6 Å². The second-order valence-corrected chi connectivity index (χ2v) is 8.67. The summed E-state index contributed by atoms with van der Waals surface area (Å²) in [5.41, 5.74) is 1.53. The first-order valence-electron chi connectivity index (χ1n) is 11.2. The Morgan fingerprint density at radius 3 is 2.57 bits per heavy atom. The van der Waals surface area contributed by atoms with E-state index in [0.29, 0.717) is 33.5 Å². The Morgan fingerprint density at radius 2 is 1.74 bits per heavy atom. The van der Waals surface area contributed by atoms with Crippen LogP contribution in [-0.4, -0.2) is 40.8 Å². The van der Waals surface area contributed by atoms with Crippen LogP contribution in [-0.2, 0) is 10.3 Å². The largest absolute Gasteiger partial charge is 0.493 e. The molecule has 4 aromatic rings. The lowest BCUT2D eigenvalue weighted by Crippen LogP contribution is -2.47. The Labute approximate surface area is 199 Å². The van der Waals surface area contributed by atoms with E-state index in [1.54, 1.807) is 42.5 Å². The highest BCUT2D eigenvalue weighted by molar-refractivity contribution is 6.17. The summed E-state index contributed by atoms with van der Waals surface area (Å²) in [6, 6.07) is 19.5. The molecule has 3 amide bonds. The maximum Gasteiger partial charge on any atom is 0.325 e.